The second-order valence-corrected chi connectivity index (χ2v) is 6.30. The molecule has 0 bridgehead atoms. The van der Waals surface area contributed by atoms with Crippen molar-refractivity contribution in [2.24, 2.45) is 4.99 Å². The Labute approximate surface area is 133 Å². The van der Waals surface area contributed by atoms with E-state index in [9.17, 15) is 4.79 Å². The first-order valence-corrected chi connectivity index (χ1v) is 8.25. The Morgan fingerprint density at radius 3 is 2.59 bits per heavy atom. The quantitative estimate of drug-likeness (QED) is 0.715. The fourth-order valence-corrected chi connectivity index (χ4v) is 3.45. The van der Waals surface area contributed by atoms with E-state index in [0.29, 0.717) is 5.56 Å². The minimum absolute atomic E-state index is 0.184. The summed E-state index contributed by atoms with van der Waals surface area (Å²) in [5.41, 5.74) is 2.91. The normalized spacial score (nSPS) is 12.0. The van der Waals surface area contributed by atoms with E-state index in [1.165, 1.54) is 0 Å². The molecule has 0 N–H and O–H groups in total. The number of nitrogens with zero attached hydrogens (tertiary/aromatic N) is 2. The number of carbonyl (C=O) groups excluding carboxylic acids is 1. The van der Waals surface area contributed by atoms with Gasteiger partial charge in [0.2, 0.25) is 0 Å². The molecule has 2 aromatic carbocycles. The van der Waals surface area contributed by atoms with Gasteiger partial charge in [0, 0.05) is 12.1 Å². The Morgan fingerprint density at radius 1 is 1.14 bits per heavy atom. The van der Waals surface area contributed by atoms with Gasteiger partial charge in [-0.1, -0.05) is 48.1 Å². The van der Waals surface area contributed by atoms with Crippen LogP contribution in [0, 0.1) is 6.92 Å². The number of amides is 1. The molecule has 112 valence electrons. The molecule has 0 aliphatic heterocycles. The summed E-state index contributed by atoms with van der Waals surface area (Å²) >= 11 is 1.57. The summed E-state index contributed by atoms with van der Waals surface area (Å²) in [6.07, 6.45) is 1.01. The fraction of sp³-hybridized carbons (Fsp3) is 0.222. The van der Waals surface area contributed by atoms with Crippen molar-refractivity contribution in [1.29, 1.82) is 0 Å². The van der Waals surface area contributed by atoms with Crippen LogP contribution in [0.4, 0.5) is 0 Å². The highest BCUT2D eigenvalue weighted by Crippen LogP contribution is 2.17. The predicted octanol–water partition coefficient (Wildman–Crippen LogP) is 4.16. The van der Waals surface area contributed by atoms with E-state index < -0.39 is 0 Å². The molecule has 0 saturated carbocycles. The van der Waals surface area contributed by atoms with Gasteiger partial charge in [-0.05, 0) is 37.6 Å². The Bertz CT molecular complexity index is 872. The number of aromatic nitrogens is 1. The summed E-state index contributed by atoms with van der Waals surface area (Å²) in [6, 6.07) is 15.7. The number of benzene rings is 2. The zero-order valence-electron chi connectivity index (χ0n) is 12.7. The molecular weight excluding hydrogens is 292 g/mol. The van der Waals surface area contributed by atoms with E-state index in [2.05, 4.69) is 28.6 Å². The third-order valence-corrected chi connectivity index (χ3v) is 4.59. The first-order chi connectivity index (χ1) is 10.7. The van der Waals surface area contributed by atoms with E-state index in [1.807, 2.05) is 43.3 Å². The Morgan fingerprint density at radius 2 is 1.86 bits per heavy atom. The maximum absolute atomic E-state index is 12.4. The SMILES string of the molecule is CCCn1c(=NC(=O)c2ccc(C)cc2)sc2ccccc21. The summed E-state index contributed by atoms with van der Waals surface area (Å²) in [5.74, 6) is -0.184. The number of hydrogen-bond acceptors (Lipinski definition) is 2. The molecule has 0 atom stereocenters. The third-order valence-electron chi connectivity index (χ3n) is 3.53. The highest BCUT2D eigenvalue weighted by atomic mass is 32.1. The predicted molar refractivity (Wildman–Crippen MR) is 91.2 cm³/mol. The molecule has 1 heterocycles. The van der Waals surface area contributed by atoms with Gasteiger partial charge in [-0.2, -0.15) is 4.99 Å². The van der Waals surface area contributed by atoms with Gasteiger partial charge < -0.3 is 4.57 Å². The van der Waals surface area contributed by atoms with Crippen LogP contribution < -0.4 is 4.80 Å². The van der Waals surface area contributed by atoms with Crippen LogP contribution in [0.25, 0.3) is 10.2 Å². The Hall–Kier alpha value is -2.20. The van der Waals surface area contributed by atoms with Crippen LogP contribution in [0.5, 0.6) is 0 Å². The summed E-state index contributed by atoms with van der Waals surface area (Å²) < 4.78 is 3.29. The zero-order valence-corrected chi connectivity index (χ0v) is 13.6. The standard InChI is InChI=1S/C18H18N2OS/c1-3-12-20-15-6-4-5-7-16(15)22-18(20)19-17(21)14-10-8-13(2)9-11-14/h4-11H,3,12H2,1-2H3. The van der Waals surface area contributed by atoms with Gasteiger partial charge in [0.15, 0.2) is 4.80 Å². The van der Waals surface area contributed by atoms with Crippen LogP contribution in [0.3, 0.4) is 0 Å². The van der Waals surface area contributed by atoms with Gasteiger partial charge in [0.1, 0.15) is 0 Å². The second-order valence-electron chi connectivity index (χ2n) is 5.29. The van der Waals surface area contributed by atoms with Crippen molar-refractivity contribution in [2.45, 2.75) is 26.8 Å². The van der Waals surface area contributed by atoms with Crippen molar-refractivity contribution in [3.8, 4) is 0 Å². The molecule has 1 aromatic heterocycles. The van der Waals surface area contributed by atoms with Crippen LogP contribution in [-0.4, -0.2) is 10.5 Å². The summed E-state index contributed by atoms with van der Waals surface area (Å²) in [5, 5.41) is 0. The first kappa shape index (κ1) is 14.7. The lowest BCUT2D eigenvalue weighted by Crippen LogP contribution is -2.16. The van der Waals surface area contributed by atoms with Crippen LogP contribution in [-0.2, 0) is 6.54 Å². The minimum Gasteiger partial charge on any atom is -0.316 e. The zero-order chi connectivity index (χ0) is 15.5. The van der Waals surface area contributed by atoms with Crippen molar-refractivity contribution in [3.63, 3.8) is 0 Å². The van der Waals surface area contributed by atoms with Crippen molar-refractivity contribution >= 4 is 27.5 Å². The lowest BCUT2D eigenvalue weighted by atomic mass is 10.1. The smallest absolute Gasteiger partial charge is 0.279 e. The number of carbonyl (C=O) groups is 1. The molecule has 0 aliphatic carbocycles. The molecule has 3 nitrogen and oxygen atoms in total. The second kappa shape index (κ2) is 6.28. The highest BCUT2D eigenvalue weighted by molar-refractivity contribution is 7.16. The van der Waals surface area contributed by atoms with Crippen molar-refractivity contribution in [3.05, 3.63) is 64.5 Å². The number of aryl methyl sites for hydroxylation is 2. The van der Waals surface area contributed by atoms with Crippen molar-refractivity contribution < 1.29 is 4.79 Å². The molecule has 0 radical (unpaired) electrons. The third kappa shape index (κ3) is 2.88. The minimum atomic E-state index is -0.184. The van der Waals surface area contributed by atoms with E-state index in [4.69, 9.17) is 0 Å². The lowest BCUT2D eigenvalue weighted by molar-refractivity contribution is 0.0998. The maximum atomic E-state index is 12.4. The molecule has 3 aromatic rings. The number of para-hydroxylation sites is 1. The molecule has 0 saturated heterocycles. The molecule has 0 unspecified atom stereocenters. The molecule has 0 fully saturated rings. The summed E-state index contributed by atoms with van der Waals surface area (Å²) in [4.78, 5) is 17.5. The molecule has 22 heavy (non-hydrogen) atoms. The number of rotatable bonds is 3. The van der Waals surface area contributed by atoms with Gasteiger partial charge in [-0.15, -0.1) is 0 Å². The van der Waals surface area contributed by atoms with Crippen LogP contribution in [0.2, 0.25) is 0 Å². The van der Waals surface area contributed by atoms with E-state index in [1.54, 1.807) is 11.3 Å². The molecule has 4 heteroatoms. The number of fused-ring (bicyclic) bond motifs is 1. The Kier molecular flexibility index (Phi) is 4.20. The van der Waals surface area contributed by atoms with Gasteiger partial charge in [-0.3, -0.25) is 4.79 Å². The van der Waals surface area contributed by atoms with Gasteiger partial charge in [0.25, 0.3) is 5.91 Å². The molecule has 1 amide bonds. The van der Waals surface area contributed by atoms with Gasteiger partial charge in [-0.25, -0.2) is 0 Å². The van der Waals surface area contributed by atoms with E-state index >= 15 is 0 Å². The van der Waals surface area contributed by atoms with Crippen LogP contribution in [0.15, 0.2) is 53.5 Å². The fourth-order valence-electron chi connectivity index (χ4n) is 2.39. The van der Waals surface area contributed by atoms with Crippen molar-refractivity contribution in [1.82, 2.24) is 4.57 Å². The van der Waals surface area contributed by atoms with Gasteiger partial charge >= 0.3 is 0 Å². The van der Waals surface area contributed by atoms with Crippen molar-refractivity contribution in [2.75, 3.05) is 0 Å². The van der Waals surface area contributed by atoms with E-state index in [0.717, 1.165) is 33.5 Å². The topological polar surface area (TPSA) is 34.4 Å². The molecule has 3 rings (SSSR count). The van der Waals surface area contributed by atoms with Crippen LogP contribution >= 0.6 is 11.3 Å². The highest BCUT2D eigenvalue weighted by Gasteiger charge is 2.08. The lowest BCUT2D eigenvalue weighted by Gasteiger charge is -2.02. The molecule has 0 aliphatic rings. The molecule has 0 spiro atoms. The first-order valence-electron chi connectivity index (χ1n) is 7.43. The monoisotopic (exact) mass is 310 g/mol. The average molecular weight is 310 g/mol. The summed E-state index contributed by atoms with van der Waals surface area (Å²) in [7, 11) is 0. The Balaban J connectivity index is 2.10. The maximum Gasteiger partial charge on any atom is 0.279 e. The number of hydrogen-bond donors (Lipinski definition) is 0. The summed E-state index contributed by atoms with van der Waals surface area (Å²) in [6.45, 7) is 5.00. The largest absolute Gasteiger partial charge is 0.316 e. The molecular formula is C18H18N2OS. The van der Waals surface area contributed by atoms with Crippen LogP contribution in [0.1, 0.15) is 29.3 Å². The van der Waals surface area contributed by atoms with E-state index in [-0.39, 0.29) is 5.91 Å². The van der Waals surface area contributed by atoms with Gasteiger partial charge in [0.05, 0.1) is 10.2 Å². The average Bonchev–Trinajstić information content (AvgIpc) is 2.86. The number of thiazole rings is 1.